The maximum absolute atomic E-state index is 12.5. The van der Waals surface area contributed by atoms with Crippen molar-refractivity contribution in [1.29, 1.82) is 0 Å². The van der Waals surface area contributed by atoms with Gasteiger partial charge in [-0.1, -0.05) is 148 Å². The summed E-state index contributed by atoms with van der Waals surface area (Å²) in [6.07, 6.45) is 25.5. The highest BCUT2D eigenvalue weighted by molar-refractivity contribution is 7.46. The van der Waals surface area contributed by atoms with E-state index in [1.807, 2.05) is 6.08 Å². The molecule has 1 aliphatic rings. The number of phosphoric acid groups is 1. The maximum atomic E-state index is 12.5. The summed E-state index contributed by atoms with van der Waals surface area (Å²) in [5.74, 6) is -1.56. The van der Waals surface area contributed by atoms with Gasteiger partial charge >= 0.3 is 19.8 Å². The van der Waals surface area contributed by atoms with Gasteiger partial charge in [0.1, 0.15) is 12.4 Å². The number of hydrogen-bond acceptors (Lipinski definition) is 9. The second-order valence-corrected chi connectivity index (χ2v) is 16.0. The molecule has 4 N–H and O–H groups in total. The Bertz CT molecular complexity index is 1010. The van der Waals surface area contributed by atoms with E-state index >= 15 is 0 Å². The van der Waals surface area contributed by atoms with E-state index in [-0.39, 0.29) is 43.5 Å². The van der Waals surface area contributed by atoms with Crippen LogP contribution in [0.1, 0.15) is 181 Å². The number of hydrogen-bond donors (Lipinski definition) is 4. The summed E-state index contributed by atoms with van der Waals surface area (Å²) in [5, 5.41) is 20.6. The molecule has 0 amide bonds. The Kier molecular flexibility index (Phi) is 28.6. The lowest BCUT2D eigenvalue weighted by Crippen LogP contribution is -2.29. The molecule has 304 valence electrons. The van der Waals surface area contributed by atoms with Gasteiger partial charge in [-0.05, 0) is 25.7 Å². The highest BCUT2D eigenvalue weighted by atomic mass is 31.2. The van der Waals surface area contributed by atoms with Gasteiger partial charge in [-0.2, -0.15) is 0 Å². The Morgan fingerprint density at radius 2 is 1.25 bits per heavy atom. The number of phosphoric ester groups is 1. The van der Waals surface area contributed by atoms with E-state index in [4.69, 9.17) is 19.3 Å². The van der Waals surface area contributed by atoms with Gasteiger partial charge < -0.3 is 29.5 Å². The molecule has 0 aromatic carbocycles. The lowest BCUT2D eigenvalue weighted by Gasteiger charge is -2.18. The number of esters is 2. The highest BCUT2D eigenvalue weighted by Gasteiger charge is 2.39. The molecule has 0 saturated heterocycles. The van der Waals surface area contributed by atoms with Gasteiger partial charge in [0.2, 0.25) is 0 Å². The monoisotopic (exact) mass is 760 g/mol. The number of ketones is 1. The third-order valence-electron chi connectivity index (χ3n) is 9.93. The zero-order chi connectivity index (χ0) is 38.5. The summed E-state index contributed by atoms with van der Waals surface area (Å²) in [6, 6.07) is 0. The zero-order valence-corrected chi connectivity index (χ0v) is 33.3. The summed E-state index contributed by atoms with van der Waals surface area (Å²) in [5.41, 5.74) is 0. The van der Waals surface area contributed by atoms with Crippen LogP contribution in [0.3, 0.4) is 0 Å². The first-order chi connectivity index (χ1) is 25.0. The Morgan fingerprint density at radius 3 is 1.81 bits per heavy atom. The number of aliphatic hydroxyl groups excluding tert-OH is 2. The number of unbranched alkanes of at least 4 members (excludes halogenated alkanes) is 18. The number of ether oxygens (including phenoxy) is 2. The quantitative estimate of drug-likeness (QED) is 0.0213. The van der Waals surface area contributed by atoms with Crippen LogP contribution in [0.5, 0.6) is 0 Å². The van der Waals surface area contributed by atoms with Crippen LogP contribution in [0, 0.1) is 11.8 Å². The van der Waals surface area contributed by atoms with Crippen molar-refractivity contribution in [3.63, 3.8) is 0 Å². The van der Waals surface area contributed by atoms with Crippen molar-refractivity contribution in [1.82, 2.24) is 0 Å². The molecule has 11 nitrogen and oxygen atoms in total. The Labute approximate surface area is 314 Å². The number of aliphatic hydroxyl groups is 2. The van der Waals surface area contributed by atoms with E-state index in [0.717, 1.165) is 57.8 Å². The van der Waals surface area contributed by atoms with Crippen molar-refractivity contribution in [2.45, 2.75) is 199 Å². The minimum atomic E-state index is -4.81. The summed E-state index contributed by atoms with van der Waals surface area (Å²) in [6.45, 7) is 3.39. The van der Waals surface area contributed by atoms with E-state index in [1.54, 1.807) is 6.08 Å². The molecule has 12 heteroatoms. The average Bonchev–Trinajstić information content (AvgIpc) is 3.37. The van der Waals surface area contributed by atoms with E-state index in [0.29, 0.717) is 25.7 Å². The van der Waals surface area contributed by atoms with E-state index in [1.165, 1.54) is 64.2 Å². The van der Waals surface area contributed by atoms with Crippen molar-refractivity contribution >= 4 is 25.5 Å². The van der Waals surface area contributed by atoms with E-state index in [2.05, 4.69) is 18.4 Å². The lowest BCUT2D eigenvalue weighted by molar-refractivity contribution is -0.161. The fourth-order valence-electron chi connectivity index (χ4n) is 6.80. The van der Waals surface area contributed by atoms with Crippen molar-refractivity contribution < 1.29 is 52.9 Å². The van der Waals surface area contributed by atoms with E-state index < -0.39 is 44.7 Å². The second kappa shape index (κ2) is 30.7. The molecule has 0 aliphatic heterocycles. The van der Waals surface area contributed by atoms with Crippen LogP contribution < -0.4 is 0 Å². The van der Waals surface area contributed by atoms with Gasteiger partial charge in [-0.25, -0.2) is 4.57 Å². The van der Waals surface area contributed by atoms with Crippen LogP contribution in [-0.2, 0) is 32.9 Å². The standard InChI is InChI=1S/C40H73O11P/c1-3-5-7-8-9-10-11-12-13-14-15-16-17-23-27-40(45)51-34(32-50-52(46,47)48)31-49-39(44)26-22-19-18-21-25-35-36(38(43)30-37(35)42)29-28-33(41)24-20-6-4-2/h28-29,33-36,38,41,43H,3-27,30-32H2,1-2H3,(H2,46,47,48)/b29-28+/t33-,34+,35+,36+,38+/m0/s1. The van der Waals surface area contributed by atoms with Crippen molar-refractivity contribution in [2.75, 3.05) is 13.2 Å². The smallest absolute Gasteiger partial charge is 0.462 e. The molecule has 0 bridgehead atoms. The summed E-state index contributed by atoms with van der Waals surface area (Å²) >= 11 is 0. The van der Waals surface area contributed by atoms with Crippen LogP contribution in [0.15, 0.2) is 12.2 Å². The minimum Gasteiger partial charge on any atom is -0.462 e. The van der Waals surface area contributed by atoms with Crippen molar-refractivity contribution in [3.05, 3.63) is 12.2 Å². The van der Waals surface area contributed by atoms with Crippen LogP contribution in [0.4, 0.5) is 0 Å². The molecule has 0 aromatic rings. The highest BCUT2D eigenvalue weighted by Crippen LogP contribution is 2.36. The van der Waals surface area contributed by atoms with Gasteiger partial charge in [-0.3, -0.25) is 18.9 Å². The third kappa shape index (κ3) is 26.2. The van der Waals surface area contributed by atoms with Crippen LogP contribution in [0.25, 0.3) is 0 Å². The molecular formula is C40H73O11P. The zero-order valence-electron chi connectivity index (χ0n) is 32.4. The topological polar surface area (TPSA) is 177 Å². The first kappa shape index (κ1) is 48.4. The number of Topliss-reactive ketones (excluding diaryl/α,β-unsaturated/α-hetero) is 1. The van der Waals surface area contributed by atoms with Crippen molar-refractivity contribution in [2.24, 2.45) is 11.8 Å². The average molecular weight is 761 g/mol. The molecule has 1 aliphatic carbocycles. The molecular weight excluding hydrogens is 687 g/mol. The maximum Gasteiger partial charge on any atom is 0.469 e. The summed E-state index contributed by atoms with van der Waals surface area (Å²) in [7, 11) is -4.81. The molecule has 0 heterocycles. The predicted molar refractivity (Wildman–Crippen MR) is 203 cm³/mol. The second-order valence-electron chi connectivity index (χ2n) is 14.7. The number of rotatable bonds is 34. The molecule has 52 heavy (non-hydrogen) atoms. The SMILES string of the molecule is CCCCCCCCCCCCCCCCC(=O)O[C@H](COC(=O)CCCCCC[C@H]1C(=O)C[C@@H](O)[C@@H]1/C=C/[C@@H](O)CCCCC)COP(=O)(O)O. The largest absolute Gasteiger partial charge is 0.469 e. The molecule has 1 saturated carbocycles. The molecule has 0 aromatic heterocycles. The molecule has 5 atom stereocenters. The molecule has 1 fully saturated rings. The normalized spacial score (nSPS) is 19.0. The number of carbonyl (C=O) groups is 3. The van der Waals surface area contributed by atoms with Gasteiger partial charge in [0.05, 0.1) is 18.8 Å². The van der Waals surface area contributed by atoms with Crippen LogP contribution in [0.2, 0.25) is 0 Å². The Hall–Kier alpha value is -1.62. The van der Waals surface area contributed by atoms with Crippen molar-refractivity contribution in [3.8, 4) is 0 Å². The van der Waals surface area contributed by atoms with E-state index in [9.17, 15) is 29.2 Å². The fraction of sp³-hybridized carbons (Fsp3) is 0.875. The Balaban J connectivity index is 2.27. The van der Waals surface area contributed by atoms with Crippen LogP contribution in [-0.4, -0.2) is 69.2 Å². The Morgan fingerprint density at radius 1 is 0.750 bits per heavy atom. The molecule has 0 spiro atoms. The minimum absolute atomic E-state index is 0.0452. The van der Waals surface area contributed by atoms with Crippen LogP contribution >= 0.6 is 7.82 Å². The molecule has 0 radical (unpaired) electrons. The summed E-state index contributed by atoms with van der Waals surface area (Å²) < 4.78 is 26.4. The predicted octanol–water partition coefficient (Wildman–Crippen LogP) is 8.83. The van der Waals surface area contributed by atoms with Gasteiger partial charge in [0.15, 0.2) is 6.10 Å². The molecule has 1 rings (SSSR count). The van der Waals surface area contributed by atoms with Gasteiger partial charge in [0, 0.05) is 31.1 Å². The van der Waals surface area contributed by atoms with Gasteiger partial charge in [-0.15, -0.1) is 0 Å². The van der Waals surface area contributed by atoms with Gasteiger partial charge in [0.25, 0.3) is 0 Å². The fourth-order valence-corrected chi connectivity index (χ4v) is 7.16. The third-order valence-corrected chi connectivity index (χ3v) is 10.4. The lowest BCUT2D eigenvalue weighted by atomic mass is 9.88. The molecule has 0 unspecified atom stereocenters. The number of carbonyl (C=O) groups excluding carboxylic acids is 3. The first-order valence-corrected chi connectivity index (χ1v) is 22.1. The first-order valence-electron chi connectivity index (χ1n) is 20.6. The summed E-state index contributed by atoms with van der Waals surface area (Å²) in [4.78, 5) is 55.5.